The third-order valence-electron chi connectivity index (χ3n) is 6.13. The Labute approximate surface area is 208 Å². The van der Waals surface area contributed by atoms with Crippen LogP contribution in [0, 0.1) is 5.41 Å². The molecule has 1 amide bonds. The van der Waals surface area contributed by atoms with Crippen molar-refractivity contribution in [1.82, 2.24) is 14.8 Å². The van der Waals surface area contributed by atoms with E-state index in [9.17, 15) is 14.4 Å². The van der Waals surface area contributed by atoms with Crippen LogP contribution >= 0.6 is 0 Å². The second-order valence-corrected chi connectivity index (χ2v) is 8.76. The van der Waals surface area contributed by atoms with Crippen LogP contribution in [0.15, 0.2) is 47.3 Å². The summed E-state index contributed by atoms with van der Waals surface area (Å²) in [5, 5.41) is 13.8. The molecule has 4 rings (SSSR count). The monoisotopic (exact) mass is 501 g/mol. The number of cyclic esters (lactones) is 1. The van der Waals surface area contributed by atoms with E-state index in [1.54, 1.807) is 17.0 Å². The number of piperidine rings is 1. The lowest BCUT2D eigenvalue weighted by Gasteiger charge is -2.36. The van der Waals surface area contributed by atoms with Crippen LogP contribution in [0.5, 0.6) is 0 Å². The minimum Gasteiger partial charge on any atom is -0.483 e. The number of hydrogen-bond donors (Lipinski definition) is 3. The zero-order valence-electron chi connectivity index (χ0n) is 20.3. The van der Waals surface area contributed by atoms with E-state index in [4.69, 9.17) is 24.5 Å². The van der Waals surface area contributed by atoms with Crippen molar-refractivity contribution in [3.63, 3.8) is 0 Å². The van der Waals surface area contributed by atoms with Gasteiger partial charge in [0.2, 0.25) is 0 Å². The van der Waals surface area contributed by atoms with Gasteiger partial charge in [0.25, 0.3) is 24.4 Å². The van der Waals surface area contributed by atoms with Crippen LogP contribution in [0.3, 0.4) is 0 Å². The minimum absolute atomic E-state index is 0.0943. The second kappa shape index (κ2) is 13.2. The van der Waals surface area contributed by atoms with Crippen molar-refractivity contribution in [3.05, 3.63) is 58.4 Å². The number of carbonyl (C=O) groups excluding carboxylic acids is 2. The third kappa shape index (κ3) is 7.01. The standard InChI is InChI=1S/C23H27N3O4.2CH2O2/c1-25(2)15-17-14-23(22(29)30-17)10-12-26(13-11-23)21(28)18-8-9-19(24-20(18)27)16-6-4-3-5-7-16;2*2-1-3/h3-9,17H,10-15H2,1-2H3,(H,24,27);2*1H,(H,2,3). The normalized spacial score (nSPS) is 17.8. The molecule has 0 aliphatic carbocycles. The molecule has 36 heavy (non-hydrogen) atoms. The number of pyridine rings is 1. The summed E-state index contributed by atoms with van der Waals surface area (Å²) in [5.74, 6) is -0.437. The van der Waals surface area contributed by atoms with Gasteiger partial charge in [0.05, 0.1) is 5.41 Å². The molecule has 2 aromatic rings. The van der Waals surface area contributed by atoms with Gasteiger partial charge >= 0.3 is 5.97 Å². The topological polar surface area (TPSA) is 157 Å². The molecular weight excluding hydrogens is 470 g/mol. The number of carboxylic acid groups (broad SMARTS) is 2. The number of ether oxygens (including phenoxy) is 1. The zero-order chi connectivity index (χ0) is 26.7. The summed E-state index contributed by atoms with van der Waals surface area (Å²) < 4.78 is 5.58. The summed E-state index contributed by atoms with van der Waals surface area (Å²) in [6.07, 6.45) is 1.74. The van der Waals surface area contributed by atoms with Gasteiger partial charge in [-0.1, -0.05) is 30.3 Å². The van der Waals surface area contributed by atoms with E-state index >= 15 is 0 Å². The van der Waals surface area contributed by atoms with Crippen LogP contribution < -0.4 is 5.56 Å². The number of carbonyl (C=O) groups is 4. The maximum Gasteiger partial charge on any atom is 0.312 e. The van der Waals surface area contributed by atoms with Crippen LogP contribution in [-0.2, 0) is 19.1 Å². The Kier molecular flexibility index (Phi) is 10.4. The van der Waals surface area contributed by atoms with Crippen molar-refractivity contribution in [2.45, 2.75) is 25.4 Å². The van der Waals surface area contributed by atoms with Gasteiger partial charge in [-0.25, -0.2) is 0 Å². The molecule has 0 saturated carbocycles. The summed E-state index contributed by atoms with van der Waals surface area (Å²) in [4.78, 5) is 61.2. The number of hydrogen-bond acceptors (Lipinski definition) is 7. The van der Waals surface area contributed by atoms with E-state index < -0.39 is 11.0 Å². The van der Waals surface area contributed by atoms with Gasteiger partial charge in [-0.2, -0.15) is 0 Å². The molecule has 1 unspecified atom stereocenters. The molecule has 11 nitrogen and oxygen atoms in total. The predicted molar refractivity (Wildman–Crippen MR) is 131 cm³/mol. The van der Waals surface area contributed by atoms with Crippen molar-refractivity contribution in [1.29, 1.82) is 0 Å². The molecule has 2 fully saturated rings. The Balaban J connectivity index is 0.000000693. The van der Waals surface area contributed by atoms with E-state index in [1.807, 2.05) is 49.3 Å². The van der Waals surface area contributed by atoms with Gasteiger partial charge in [-0.15, -0.1) is 0 Å². The number of amides is 1. The highest BCUT2D eigenvalue weighted by molar-refractivity contribution is 5.94. The summed E-state index contributed by atoms with van der Waals surface area (Å²) in [6.45, 7) is 1.10. The molecule has 0 radical (unpaired) electrons. The van der Waals surface area contributed by atoms with Crippen molar-refractivity contribution < 1.29 is 34.1 Å². The quantitative estimate of drug-likeness (QED) is 0.417. The van der Waals surface area contributed by atoms with Gasteiger partial charge in [0.1, 0.15) is 11.7 Å². The first-order valence-electron chi connectivity index (χ1n) is 11.3. The maximum absolute atomic E-state index is 12.9. The van der Waals surface area contributed by atoms with E-state index in [1.165, 1.54) is 0 Å². The molecule has 2 aliphatic heterocycles. The van der Waals surface area contributed by atoms with Gasteiger partial charge in [0, 0.05) is 31.7 Å². The number of nitrogens with zero attached hydrogens (tertiary/aromatic N) is 2. The Morgan fingerprint density at radius 1 is 1.08 bits per heavy atom. The highest BCUT2D eigenvalue weighted by atomic mass is 16.6. The molecule has 11 heteroatoms. The van der Waals surface area contributed by atoms with Crippen molar-refractivity contribution in [3.8, 4) is 11.3 Å². The van der Waals surface area contributed by atoms with Crippen LogP contribution in [0.25, 0.3) is 11.3 Å². The molecule has 3 heterocycles. The molecular formula is C25H31N3O8. The lowest BCUT2D eigenvalue weighted by molar-refractivity contribution is -0.150. The number of aromatic amines is 1. The molecule has 194 valence electrons. The molecule has 0 bridgehead atoms. The first kappa shape index (κ1) is 28.2. The average molecular weight is 502 g/mol. The fourth-order valence-corrected chi connectivity index (χ4v) is 4.49. The van der Waals surface area contributed by atoms with E-state index in [-0.39, 0.29) is 36.5 Å². The number of rotatable bonds is 4. The van der Waals surface area contributed by atoms with Gasteiger partial charge in [-0.05, 0) is 44.6 Å². The largest absolute Gasteiger partial charge is 0.483 e. The molecule has 1 aromatic heterocycles. The average Bonchev–Trinajstić information content (AvgIpc) is 3.14. The Bertz CT molecular complexity index is 1090. The summed E-state index contributed by atoms with van der Waals surface area (Å²) in [6, 6.07) is 12.9. The zero-order valence-corrected chi connectivity index (χ0v) is 20.3. The number of likely N-dealkylation sites (tertiary alicyclic amines) is 1. The van der Waals surface area contributed by atoms with Crippen molar-refractivity contribution >= 4 is 24.8 Å². The fourth-order valence-electron chi connectivity index (χ4n) is 4.49. The molecule has 2 saturated heterocycles. The van der Waals surface area contributed by atoms with E-state index in [0.29, 0.717) is 44.6 Å². The minimum atomic E-state index is -0.499. The number of H-pyrrole nitrogens is 1. The summed E-state index contributed by atoms with van der Waals surface area (Å²) in [5.41, 5.74) is 0.801. The van der Waals surface area contributed by atoms with Crippen LogP contribution in [0.1, 0.15) is 29.6 Å². The van der Waals surface area contributed by atoms with Crippen molar-refractivity contribution in [2.75, 3.05) is 33.7 Å². The lowest BCUT2D eigenvalue weighted by atomic mass is 9.76. The number of esters is 1. The smallest absolute Gasteiger partial charge is 0.312 e. The third-order valence-corrected chi connectivity index (χ3v) is 6.13. The number of aromatic nitrogens is 1. The fraction of sp³-hybridized carbons (Fsp3) is 0.400. The number of likely N-dealkylation sites (N-methyl/N-ethyl adjacent to an activating group) is 1. The Hall–Kier alpha value is -3.99. The van der Waals surface area contributed by atoms with Crippen molar-refractivity contribution in [2.24, 2.45) is 5.41 Å². The SMILES string of the molecule is CN(C)CC1CC2(CCN(C(=O)c3ccc(-c4ccccc4)[nH]c3=O)CC2)C(=O)O1.O=CO.O=CO. The van der Waals surface area contributed by atoms with E-state index in [2.05, 4.69) is 4.98 Å². The Morgan fingerprint density at radius 2 is 1.67 bits per heavy atom. The first-order chi connectivity index (χ1) is 17.2. The van der Waals surface area contributed by atoms with Crippen LogP contribution in [0.4, 0.5) is 0 Å². The second-order valence-electron chi connectivity index (χ2n) is 8.76. The summed E-state index contributed by atoms with van der Waals surface area (Å²) in [7, 11) is 3.92. The van der Waals surface area contributed by atoms with Gasteiger partial charge < -0.3 is 29.7 Å². The molecule has 2 aliphatic rings. The van der Waals surface area contributed by atoms with Gasteiger partial charge in [-0.3, -0.25) is 24.0 Å². The van der Waals surface area contributed by atoms with E-state index in [0.717, 1.165) is 5.56 Å². The predicted octanol–water partition coefficient (Wildman–Crippen LogP) is 1.54. The van der Waals surface area contributed by atoms with Crippen LogP contribution in [-0.4, -0.2) is 89.7 Å². The first-order valence-corrected chi connectivity index (χ1v) is 11.3. The number of benzene rings is 1. The molecule has 3 N–H and O–H groups in total. The van der Waals surface area contributed by atoms with Crippen LogP contribution in [0.2, 0.25) is 0 Å². The molecule has 1 aromatic carbocycles. The lowest BCUT2D eigenvalue weighted by Crippen LogP contribution is -2.46. The highest BCUT2D eigenvalue weighted by Gasteiger charge is 2.50. The summed E-state index contributed by atoms with van der Waals surface area (Å²) >= 11 is 0. The number of nitrogens with one attached hydrogen (secondary N) is 1. The highest BCUT2D eigenvalue weighted by Crippen LogP contribution is 2.43. The Morgan fingerprint density at radius 3 is 2.19 bits per heavy atom. The molecule has 1 spiro atoms. The molecule has 1 atom stereocenters. The maximum atomic E-state index is 12.9. The van der Waals surface area contributed by atoms with Gasteiger partial charge in [0.15, 0.2) is 0 Å².